The van der Waals surface area contributed by atoms with E-state index in [2.05, 4.69) is 15.0 Å². The van der Waals surface area contributed by atoms with E-state index in [1.54, 1.807) is 24.4 Å². The average molecular weight is 408 g/mol. The number of aromatic nitrogens is 3. The normalized spacial score (nSPS) is 14.4. The summed E-state index contributed by atoms with van der Waals surface area (Å²) < 4.78 is 33.9. The molecule has 0 radical (unpaired) electrons. The average Bonchev–Trinajstić information content (AvgIpc) is 3.17. The maximum absolute atomic E-state index is 14.3. The number of fused-ring (bicyclic) bond motifs is 1. The molecule has 0 amide bonds. The number of morpholine rings is 1. The van der Waals surface area contributed by atoms with E-state index in [-0.39, 0.29) is 11.1 Å². The Kier molecular flexibility index (Phi) is 4.55. The maximum atomic E-state index is 14.3. The number of H-pyrrole nitrogens is 2. The highest BCUT2D eigenvalue weighted by Gasteiger charge is 2.17. The van der Waals surface area contributed by atoms with E-state index in [0.717, 1.165) is 10.9 Å². The fourth-order valence-corrected chi connectivity index (χ4v) is 3.77. The summed E-state index contributed by atoms with van der Waals surface area (Å²) in [6, 6.07) is 10.3. The molecule has 2 aromatic carbocycles. The molecule has 2 N–H and O–H groups in total. The van der Waals surface area contributed by atoms with E-state index in [1.165, 1.54) is 24.3 Å². The quantitative estimate of drug-likeness (QED) is 0.542. The SMILES string of the molecule is O=c1cc(-c2c[nH]c3ccc(-c4c(F)cccc4F)cc23)nc(N2CCOCC2)[nH]1. The molecule has 1 fully saturated rings. The molecule has 3 heterocycles. The Hall–Kier alpha value is -3.52. The van der Waals surface area contributed by atoms with Gasteiger partial charge in [0.05, 0.1) is 24.5 Å². The van der Waals surface area contributed by atoms with Gasteiger partial charge in [0.15, 0.2) is 0 Å². The lowest BCUT2D eigenvalue weighted by molar-refractivity contribution is 0.122. The van der Waals surface area contributed by atoms with E-state index >= 15 is 0 Å². The summed E-state index contributed by atoms with van der Waals surface area (Å²) in [5, 5.41) is 0.723. The molecule has 152 valence electrons. The number of anilines is 1. The molecular formula is C22H18F2N4O2. The second-order valence-electron chi connectivity index (χ2n) is 7.11. The van der Waals surface area contributed by atoms with Crippen molar-refractivity contribution in [3.05, 3.63) is 70.6 Å². The maximum Gasteiger partial charge on any atom is 0.252 e. The van der Waals surface area contributed by atoms with Crippen molar-refractivity contribution in [3.63, 3.8) is 0 Å². The number of ether oxygens (including phenoxy) is 1. The van der Waals surface area contributed by atoms with Crippen LogP contribution in [0.2, 0.25) is 0 Å². The lowest BCUT2D eigenvalue weighted by atomic mass is 10.0. The highest BCUT2D eigenvalue weighted by Crippen LogP contribution is 2.33. The second kappa shape index (κ2) is 7.38. The first-order valence-corrected chi connectivity index (χ1v) is 9.60. The molecule has 30 heavy (non-hydrogen) atoms. The van der Waals surface area contributed by atoms with Crippen molar-refractivity contribution >= 4 is 16.9 Å². The van der Waals surface area contributed by atoms with Crippen LogP contribution in [-0.2, 0) is 4.74 Å². The summed E-state index contributed by atoms with van der Waals surface area (Å²) in [6.45, 7) is 2.41. The van der Waals surface area contributed by atoms with Crippen molar-refractivity contribution in [2.75, 3.05) is 31.2 Å². The van der Waals surface area contributed by atoms with E-state index in [0.29, 0.717) is 49.1 Å². The van der Waals surface area contributed by atoms with Crippen molar-refractivity contribution in [3.8, 4) is 22.4 Å². The highest BCUT2D eigenvalue weighted by molar-refractivity contribution is 5.97. The summed E-state index contributed by atoms with van der Waals surface area (Å²) >= 11 is 0. The van der Waals surface area contributed by atoms with Crippen LogP contribution in [-0.4, -0.2) is 41.3 Å². The second-order valence-corrected chi connectivity index (χ2v) is 7.11. The molecule has 1 aliphatic rings. The first-order valence-electron chi connectivity index (χ1n) is 9.60. The van der Waals surface area contributed by atoms with Crippen LogP contribution in [0.4, 0.5) is 14.7 Å². The molecule has 0 spiro atoms. The van der Waals surface area contributed by atoms with Crippen molar-refractivity contribution in [2.24, 2.45) is 0 Å². The van der Waals surface area contributed by atoms with Crippen molar-refractivity contribution < 1.29 is 13.5 Å². The number of benzene rings is 2. The summed E-state index contributed by atoms with van der Waals surface area (Å²) in [5.41, 5.74) is 2.01. The van der Waals surface area contributed by atoms with Crippen molar-refractivity contribution in [1.82, 2.24) is 15.0 Å². The van der Waals surface area contributed by atoms with E-state index in [9.17, 15) is 13.6 Å². The molecule has 0 aliphatic carbocycles. The first-order chi connectivity index (χ1) is 14.6. The summed E-state index contributed by atoms with van der Waals surface area (Å²) in [6.07, 6.45) is 1.75. The van der Waals surface area contributed by atoms with Gasteiger partial charge in [0.1, 0.15) is 11.6 Å². The largest absolute Gasteiger partial charge is 0.378 e. The van der Waals surface area contributed by atoms with Gasteiger partial charge in [-0.2, -0.15) is 0 Å². The number of nitrogens with one attached hydrogen (secondary N) is 2. The predicted molar refractivity (Wildman–Crippen MR) is 111 cm³/mol. The number of halogens is 2. The molecule has 0 atom stereocenters. The first kappa shape index (κ1) is 18.5. The van der Waals surface area contributed by atoms with Gasteiger partial charge in [-0.05, 0) is 29.8 Å². The van der Waals surface area contributed by atoms with Gasteiger partial charge in [0.25, 0.3) is 5.56 Å². The molecule has 1 aliphatic heterocycles. The van der Waals surface area contributed by atoms with Crippen LogP contribution in [0.1, 0.15) is 0 Å². The number of hydrogen-bond acceptors (Lipinski definition) is 4. The van der Waals surface area contributed by atoms with Crippen molar-refractivity contribution in [2.45, 2.75) is 0 Å². The fraction of sp³-hybridized carbons (Fsp3) is 0.182. The van der Waals surface area contributed by atoms with Crippen LogP contribution in [0.25, 0.3) is 33.3 Å². The zero-order chi connectivity index (χ0) is 20.7. The topological polar surface area (TPSA) is 74.0 Å². The Bertz CT molecular complexity index is 1270. The number of rotatable bonds is 3. The Morgan fingerprint density at radius 2 is 1.80 bits per heavy atom. The van der Waals surface area contributed by atoms with Gasteiger partial charge in [-0.3, -0.25) is 9.78 Å². The van der Waals surface area contributed by atoms with Gasteiger partial charge in [-0.25, -0.2) is 13.8 Å². The van der Waals surface area contributed by atoms with Gasteiger partial charge >= 0.3 is 0 Å². The Morgan fingerprint density at radius 3 is 2.57 bits per heavy atom. The minimum Gasteiger partial charge on any atom is -0.378 e. The minimum absolute atomic E-state index is 0.0839. The van der Waals surface area contributed by atoms with E-state index in [4.69, 9.17) is 4.74 Å². The predicted octanol–water partition coefficient (Wildman–Crippen LogP) is 3.70. The number of nitrogens with zero attached hydrogens (tertiary/aromatic N) is 2. The third-order valence-corrected chi connectivity index (χ3v) is 5.25. The Morgan fingerprint density at radius 1 is 1.03 bits per heavy atom. The molecule has 0 saturated carbocycles. The summed E-state index contributed by atoms with van der Waals surface area (Å²) in [7, 11) is 0. The van der Waals surface area contributed by atoms with Crippen LogP contribution in [0.5, 0.6) is 0 Å². The summed E-state index contributed by atoms with van der Waals surface area (Å²) in [5.74, 6) is -0.780. The highest BCUT2D eigenvalue weighted by atomic mass is 19.1. The molecule has 0 unspecified atom stereocenters. The van der Waals surface area contributed by atoms with Gasteiger partial charge in [0.2, 0.25) is 5.95 Å². The van der Waals surface area contributed by atoms with E-state index < -0.39 is 11.6 Å². The number of aromatic amines is 2. The lowest BCUT2D eigenvalue weighted by Crippen LogP contribution is -2.38. The van der Waals surface area contributed by atoms with Gasteiger partial charge in [0, 0.05) is 41.8 Å². The van der Waals surface area contributed by atoms with Crippen LogP contribution in [0, 0.1) is 11.6 Å². The van der Waals surface area contributed by atoms with Crippen LogP contribution in [0.15, 0.2) is 53.5 Å². The molecule has 5 rings (SSSR count). The molecule has 6 nitrogen and oxygen atoms in total. The third-order valence-electron chi connectivity index (χ3n) is 5.25. The van der Waals surface area contributed by atoms with Crippen LogP contribution < -0.4 is 10.5 Å². The van der Waals surface area contributed by atoms with Crippen LogP contribution >= 0.6 is 0 Å². The minimum atomic E-state index is -0.629. The van der Waals surface area contributed by atoms with Gasteiger partial charge < -0.3 is 14.6 Å². The Labute approximate surface area is 170 Å². The summed E-state index contributed by atoms with van der Waals surface area (Å²) in [4.78, 5) is 24.8. The molecule has 4 aromatic rings. The van der Waals surface area contributed by atoms with Gasteiger partial charge in [-0.1, -0.05) is 12.1 Å². The molecule has 0 bridgehead atoms. The monoisotopic (exact) mass is 408 g/mol. The number of hydrogen-bond donors (Lipinski definition) is 2. The zero-order valence-electron chi connectivity index (χ0n) is 15.9. The molecular weight excluding hydrogens is 390 g/mol. The standard InChI is InChI=1S/C22H18F2N4O2/c23-16-2-1-3-17(24)21(16)13-4-5-18-14(10-13)15(12-25-18)19-11-20(29)27-22(26-19)28-6-8-30-9-7-28/h1-5,10-12,25H,6-9H2,(H,26,27,29). The fourth-order valence-electron chi connectivity index (χ4n) is 3.77. The smallest absolute Gasteiger partial charge is 0.252 e. The van der Waals surface area contributed by atoms with E-state index in [1.807, 2.05) is 4.90 Å². The molecule has 1 saturated heterocycles. The van der Waals surface area contributed by atoms with Crippen molar-refractivity contribution in [1.29, 1.82) is 0 Å². The Balaban J connectivity index is 1.63. The third kappa shape index (κ3) is 3.25. The molecule has 2 aromatic heterocycles. The van der Waals surface area contributed by atoms with Gasteiger partial charge in [-0.15, -0.1) is 0 Å². The van der Waals surface area contributed by atoms with Crippen LogP contribution in [0.3, 0.4) is 0 Å². The lowest BCUT2D eigenvalue weighted by Gasteiger charge is -2.27. The molecule has 8 heteroatoms. The zero-order valence-corrected chi connectivity index (χ0v) is 15.9.